The van der Waals surface area contributed by atoms with Crippen molar-refractivity contribution in [2.75, 3.05) is 0 Å². The minimum absolute atomic E-state index is 0.00980. The standard InChI is InChI=1S/C10H17Br3O2Si/c1-3-10(14)15-9(2)7-5-4-6-8-16(11,12)13/h3,9H,1,4-8H2,2H3. The van der Waals surface area contributed by atoms with Crippen LogP contribution in [0, 0.1) is 0 Å². The first-order valence-electron chi connectivity index (χ1n) is 5.25. The van der Waals surface area contributed by atoms with Crippen molar-refractivity contribution < 1.29 is 9.53 Å². The molecule has 0 aromatic heterocycles. The maximum absolute atomic E-state index is 10.9. The zero-order valence-electron chi connectivity index (χ0n) is 9.35. The molecule has 0 aliphatic rings. The van der Waals surface area contributed by atoms with Crippen LogP contribution in [0.3, 0.4) is 0 Å². The summed E-state index contributed by atoms with van der Waals surface area (Å²) in [6.45, 7) is 5.28. The summed E-state index contributed by atoms with van der Waals surface area (Å²) in [4.78, 5) is 10.9. The molecule has 0 fully saturated rings. The highest BCUT2D eigenvalue weighted by atomic mass is 80.0. The molecule has 0 amide bonds. The highest BCUT2D eigenvalue weighted by Gasteiger charge is 2.20. The predicted molar refractivity (Wildman–Crippen MR) is 81.6 cm³/mol. The Hall–Kier alpha value is 0.867. The summed E-state index contributed by atoms with van der Waals surface area (Å²) >= 11 is 10.8. The van der Waals surface area contributed by atoms with E-state index in [0.717, 1.165) is 25.3 Å². The second kappa shape index (κ2) is 8.89. The zero-order chi connectivity index (χ0) is 12.6. The summed E-state index contributed by atoms with van der Waals surface area (Å²) in [7, 11) is 0. The van der Waals surface area contributed by atoms with E-state index < -0.39 is 3.93 Å². The van der Waals surface area contributed by atoms with Gasteiger partial charge in [0.25, 0.3) is 3.93 Å². The van der Waals surface area contributed by atoms with Gasteiger partial charge in [-0.1, -0.05) is 65.3 Å². The number of rotatable bonds is 8. The van der Waals surface area contributed by atoms with Crippen LogP contribution in [-0.2, 0) is 9.53 Å². The first kappa shape index (κ1) is 16.9. The molecule has 0 heterocycles. The predicted octanol–water partition coefficient (Wildman–Crippen LogP) is 4.79. The normalized spacial score (nSPS) is 13.2. The number of unbranched alkanes of at least 4 members (excludes halogenated alkanes) is 2. The van der Waals surface area contributed by atoms with Gasteiger partial charge in [-0.05, 0) is 25.8 Å². The molecule has 0 bridgehead atoms. The Labute approximate surface area is 122 Å². The summed E-state index contributed by atoms with van der Waals surface area (Å²) < 4.78 is 3.64. The van der Waals surface area contributed by atoms with Crippen LogP contribution < -0.4 is 0 Å². The Balaban J connectivity index is 3.45. The number of hydrogen-bond acceptors (Lipinski definition) is 2. The van der Waals surface area contributed by atoms with Gasteiger partial charge >= 0.3 is 5.97 Å². The number of halogens is 3. The minimum Gasteiger partial charge on any atom is -0.460 e. The largest absolute Gasteiger partial charge is 0.460 e. The second-order valence-electron chi connectivity index (χ2n) is 3.67. The molecule has 0 saturated heterocycles. The van der Waals surface area contributed by atoms with Crippen LogP contribution >= 0.6 is 45.9 Å². The molecule has 94 valence electrons. The third-order valence-electron chi connectivity index (χ3n) is 2.05. The first-order chi connectivity index (χ1) is 7.35. The minimum atomic E-state index is -1.43. The number of hydrogen-bond donors (Lipinski definition) is 0. The van der Waals surface area contributed by atoms with Crippen molar-refractivity contribution in [2.45, 2.75) is 44.8 Å². The van der Waals surface area contributed by atoms with Gasteiger partial charge in [0.1, 0.15) is 0 Å². The van der Waals surface area contributed by atoms with Crippen molar-refractivity contribution in [3.8, 4) is 0 Å². The molecule has 0 saturated carbocycles. The van der Waals surface area contributed by atoms with E-state index in [-0.39, 0.29) is 12.1 Å². The van der Waals surface area contributed by atoms with Crippen LogP contribution in [0.25, 0.3) is 0 Å². The Kier molecular flexibility index (Phi) is 9.37. The molecule has 6 heteroatoms. The fourth-order valence-corrected chi connectivity index (χ4v) is 4.41. The monoisotopic (exact) mass is 434 g/mol. The van der Waals surface area contributed by atoms with E-state index in [0.29, 0.717) is 0 Å². The summed E-state index contributed by atoms with van der Waals surface area (Å²) in [5.41, 5.74) is 0. The SMILES string of the molecule is C=CC(=O)OC(C)CCCCC[Si](Br)(Br)Br. The van der Waals surface area contributed by atoms with Crippen molar-refractivity contribution in [1.82, 2.24) is 0 Å². The molecule has 2 nitrogen and oxygen atoms in total. The van der Waals surface area contributed by atoms with Gasteiger partial charge in [-0.3, -0.25) is 0 Å². The quantitative estimate of drug-likeness (QED) is 0.180. The van der Waals surface area contributed by atoms with Crippen LogP contribution in [0.4, 0.5) is 0 Å². The molecule has 0 spiro atoms. The van der Waals surface area contributed by atoms with Crippen LogP contribution in [0.15, 0.2) is 12.7 Å². The first-order valence-corrected chi connectivity index (χ1v) is 14.2. The summed E-state index contributed by atoms with van der Waals surface area (Å²) in [6, 6.07) is 1.15. The Morgan fingerprint density at radius 1 is 1.38 bits per heavy atom. The highest BCUT2D eigenvalue weighted by Crippen LogP contribution is 2.33. The maximum Gasteiger partial charge on any atom is 0.330 e. The average Bonchev–Trinajstić information content (AvgIpc) is 2.15. The lowest BCUT2D eigenvalue weighted by Crippen LogP contribution is -2.12. The molecular formula is C10H17Br3O2Si. The Morgan fingerprint density at radius 3 is 2.50 bits per heavy atom. The van der Waals surface area contributed by atoms with Crippen molar-refractivity contribution in [3.05, 3.63) is 12.7 Å². The Morgan fingerprint density at radius 2 is 2.00 bits per heavy atom. The molecule has 0 aromatic carbocycles. The summed E-state index contributed by atoms with van der Waals surface area (Å²) in [5, 5.41) is 0. The van der Waals surface area contributed by atoms with Crippen LogP contribution in [0.1, 0.15) is 32.6 Å². The molecule has 0 rings (SSSR count). The molecule has 16 heavy (non-hydrogen) atoms. The van der Waals surface area contributed by atoms with E-state index >= 15 is 0 Å². The molecular weight excluding hydrogens is 420 g/mol. The number of carbonyl (C=O) groups excluding carboxylic acids is 1. The molecule has 0 aliphatic carbocycles. The Bertz CT molecular complexity index is 229. The number of carbonyl (C=O) groups is 1. The van der Waals surface area contributed by atoms with E-state index in [2.05, 4.69) is 52.5 Å². The van der Waals surface area contributed by atoms with Crippen LogP contribution in [-0.4, -0.2) is 16.0 Å². The maximum atomic E-state index is 10.9. The topological polar surface area (TPSA) is 26.3 Å². The van der Waals surface area contributed by atoms with Crippen LogP contribution in [0.2, 0.25) is 6.04 Å². The number of esters is 1. The van der Waals surface area contributed by atoms with Gasteiger partial charge in [0.15, 0.2) is 0 Å². The van der Waals surface area contributed by atoms with Gasteiger partial charge in [0, 0.05) is 6.08 Å². The van der Waals surface area contributed by atoms with Gasteiger partial charge < -0.3 is 4.74 Å². The number of ether oxygens (including phenoxy) is 1. The smallest absolute Gasteiger partial charge is 0.330 e. The molecule has 1 atom stereocenters. The fourth-order valence-electron chi connectivity index (χ4n) is 1.24. The zero-order valence-corrected chi connectivity index (χ0v) is 15.1. The van der Waals surface area contributed by atoms with E-state index in [4.69, 9.17) is 4.74 Å². The van der Waals surface area contributed by atoms with E-state index in [1.807, 2.05) is 6.92 Å². The van der Waals surface area contributed by atoms with Crippen molar-refractivity contribution in [3.63, 3.8) is 0 Å². The molecule has 0 aliphatic heterocycles. The molecule has 0 N–H and O–H groups in total. The van der Waals surface area contributed by atoms with Crippen molar-refractivity contribution in [2.24, 2.45) is 0 Å². The lowest BCUT2D eigenvalue weighted by molar-refractivity contribution is -0.142. The van der Waals surface area contributed by atoms with E-state index in [1.54, 1.807) is 0 Å². The van der Waals surface area contributed by atoms with E-state index in [1.165, 1.54) is 12.5 Å². The van der Waals surface area contributed by atoms with Crippen molar-refractivity contribution >= 4 is 55.8 Å². The van der Waals surface area contributed by atoms with Crippen LogP contribution in [0.5, 0.6) is 0 Å². The van der Waals surface area contributed by atoms with Gasteiger partial charge in [0.05, 0.1) is 6.10 Å². The van der Waals surface area contributed by atoms with Gasteiger partial charge in [0.2, 0.25) is 0 Å². The van der Waals surface area contributed by atoms with Crippen molar-refractivity contribution in [1.29, 1.82) is 0 Å². The molecule has 1 unspecified atom stereocenters. The molecule has 0 aromatic rings. The molecule has 0 radical (unpaired) electrons. The second-order valence-corrected chi connectivity index (χ2v) is 27.2. The third-order valence-corrected chi connectivity index (χ3v) is 6.54. The lowest BCUT2D eigenvalue weighted by Gasteiger charge is -2.12. The van der Waals surface area contributed by atoms with Gasteiger partial charge in [-0.2, -0.15) is 0 Å². The third kappa shape index (κ3) is 11.4. The lowest BCUT2D eigenvalue weighted by atomic mass is 10.1. The van der Waals surface area contributed by atoms with Gasteiger partial charge in [-0.15, -0.1) is 0 Å². The fraction of sp³-hybridized carbons (Fsp3) is 0.700. The average molecular weight is 437 g/mol. The highest BCUT2D eigenvalue weighted by molar-refractivity contribution is 9.72. The van der Waals surface area contributed by atoms with E-state index in [9.17, 15) is 4.79 Å². The summed E-state index contributed by atoms with van der Waals surface area (Å²) in [6.07, 6.45) is 5.54. The summed E-state index contributed by atoms with van der Waals surface area (Å²) in [5.74, 6) is -0.333. The van der Waals surface area contributed by atoms with Gasteiger partial charge in [-0.25, -0.2) is 4.79 Å².